The number of rotatable bonds is 4. The third-order valence-corrected chi connectivity index (χ3v) is 3.14. The second-order valence-electron chi connectivity index (χ2n) is 4.80. The fourth-order valence-electron chi connectivity index (χ4n) is 2.09. The van der Waals surface area contributed by atoms with Crippen LogP contribution in [-0.4, -0.2) is 21.5 Å². The summed E-state index contributed by atoms with van der Waals surface area (Å²) in [5, 5.41) is 1.03. The van der Waals surface area contributed by atoms with Crippen molar-refractivity contribution < 1.29 is 4.74 Å². The lowest BCUT2D eigenvalue weighted by Gasteiger charge is -2.07. The summed E-state index contributed by atoms with van der Waals surface area (Å²) >= 11 is 0. The molecule has 3 rings (SSSR count). The Balaban J connectivity index is 1.92. The topological polar surface area (TPSA) is 73.9 Å². The minimum atomic E-state index is 0.312. The summed E-state index contributed by atoms with van der Waals surface area (Å²) in [6.45, 7) is 2.53. The molecule has 5 heteroatoms. The summed E-state index contributed by atoms with van der Waals surface area (Å²) in [7, 11) is 0. The zero-order valence-electron chi connectivity index (χ0n) is 11.8. The highest BCUT2D eigenvalue weighted by Gasteiger charge is 2.07. The highest BCUT2D eigenvalue weighted by molar-refractivity contribution is 5.84. The van der Waals surface area contributed by atoms with E-state index in [2.05, 4.69) is 15.0 Å². The van der Waals surface area contributed by atoms with E-state index in [9.17, 15) is 0 Å². The molecule has 3 aromatic rings. The molecule has 2 aromatic heterocycles. The van der Waals surface area contributed by atoms with Gasteiger partial charge in [0.2, 0.25) is 0 Å². The minimum Gasteiger partial charge on any atom is -0.422 e. The molecule has 5 nitrogen and oxygen atoms in total. The molecule has 2 heterocycles. The van der Waals surface area contributed by atoms with Gasteiger partial charge in [-0.2, -0.15) is 0 Å². The lowest BCUT2D eigenvalue weighted by molar-refractivity contribution is 0.445. The Labute approximate surface area is 122 Å². The number of para-hydroxylation sites is 1. The number of aryl methyl sites for hydroxylation is 1. The van der Waals surface area contributed by atoms with Gasteiger partial charge in [-0.3, -0.25) is 0 Å². The average Bonchev–Trinajstić information content (AvgIpc) is 2.50. The van der Waals surface area contributed by atoms with Crippen molar-refractivity contribution in [1.82, 2.24) is 15.0 Å². The fourth-order valence-corrected chi connectivity index (χ4v) is 2.09. The number of fused-ring (bicyclic) bond motifs is 1. The van der Waals surface area contributed by atoms with Crippen molar-refractivity contribution in [3.8, 4) is 11.8 Å². The molecule has 0 amide bonds. The Hall–Kier alpha value is -2.53. The summed E-state index contributed by atoms with van der Waals surface area (Å²) in [5.41, 5.74) is 8.25. The normalized spacial score (nSPS) is 10.8. The van der Waals surface area contributed by atoms with Gasteiger partial charge in [-0.1, -0.05) is 18.2 Å². The molecule has 2 N–H and O–H groups in total. The Morgan fingerprint density at radius 2 is 1.90 bits per heavy atom. The third-order valence-electron chi connectivity index (χ3n) is 3.14. The molecule has 0 aliphatic carbocycles. The van der Waals surface area contributed by atoms with E-state index in [1.807, 2.05) is 37.3 Å². The number of nitrogens with zero attached hydrogens (tertiary/aromatic N) is 3. The van der Waals surface area contributed by atoms with E-state index in [-0.39, 0.29) is 0 Å². The van der Waals surface area contributed by atoms with Crippen molar-refractivity contribution in [3.63, 3.8) is 0 Å². The first kappa shape index (κ1) is 13.5. The molecule has 0 aliphatic rings. The molecular formula is C16H16N4O. The van der Waals surface area contributed by atoms with Crippen LogP contribution < -0.4 is 10.5 Å². The quantitative estimate of drug-likeness (QED) is 0.795. The number of nitrogens with two attached hydrogens (primary N) is 1. The predicted octanol–water partition coefficient (Wildman–Crippen LogP) is 2.63. The van der Waals surface area contributed by atoms with Crippen molar-refractivity contribution in [1.29, 1.82) is 0 Å². The Bertz CT molecular complexity index is 756. The molecule has 0 fully saturated rings. The minimum absolute atomic E-state index is 0.312. The van der Waals surface area contributed by atoms with Crippen molar-refractivity contribution in [2.24, 2.45) is 5.73 Å². The van der Waals surface area contributed by atoms with Crippen LogP contribution in [0.25, 0.3) is 10.9 Å². The van der Waals surface area contributed by atoms with Crippen LogP contribution in [0.4, 0.5) is 0 Å². The number of pyridine rings is 1. The van der Waals surface area contributed by atoms with E-state index in [1.165, 1.54) is 0 Å². The van der Waals surface area contributed by atoms with Gasteiger partial charge in [0, 0.05) is 23.5 Å². The Morgan fingerprint density at radius 3 is 2.67 bits per heavy atom. The summed E-state index contributed by atoms with van der Waals surface area (Å²) < 4.78 is 5.76. The lowest BCUT2D eigenvalue weighted by atomic mass is 10.2. The number of benzene rings is 1. The molecule has 1 aromatic carbocycles. The van der Waals surface area contributed by atoms with Crippen molar-refractivity contribution in [2.75, 3.05) is 6.54 Å². The molecule has 0 unspecified atom stereocenters. The van der Waals surface area contributed by atoms with Gasteiger partial charge in [-0.15, -0.1) is 0 Å². The Kier molecular flexibility index (Phi) is 3.75. The largest absolute Gasteiger partial charge is 0.422 e. The van der Waals surface area contributed by atoms with E-state index in [0.29, 0.717) is 18.3 Å². The van der Waals surface area contributed by atoms with Gasteiger partial charge >= 0.3 is 6.01 Å². The van der Waals surface area contributed by atoms with Gasteiger partial charge in [-0.05, 0) is 37.6 Å². The van der Waals surface area contributed by atoms with Gasteiger partial charge in [-0.25, -0.2) is 15.0 Å². The van der Waals surface area contributed by atoms with Crippen LogP contribution in [0.5, 0.6) is 11.8 Å². The SMILES string of the molecule is Cc1ccc2cccc(Oc3ncc(CCN)cn3)c2n1. The Morgan fingerprint density at radius 1 is 1.10 bits per heavy atom. The molecule has 21 heavy (non-hydrogen) atoms. The summed E-state index contributed by atoms with van der Waals surface area (Å²) in [4.78, 5) is 12.9. The molecule has 0 radical (unpaired) electrons. The van der Waals surface area contributed by atoms with Gasteiger partial charge in [0.15, 0.2) is 5.75 Å². The lowest BCUT2D eigenvalue weighted by Crippen LogP contribution is -2.03. The molecule has 0 bridgehead atoms. The van der Waals surface area contributed by atoms with Crippen LogP contribution in [0.15, 0.2) is 42.7 Å². The second kappa shape index (κ2) is 5.85. The van der Waals surface area contributed by atoms with Crippen LogP contribution in [0.3, 0.4) is 0 Å². The van der Waals surface area contributed by atoms with Crippen LogP contribution in [0.2, 0.25) is 0 Å². The molecule has 106 valence electrons. The van der Waals surface area contributed by atoms with E-state index in [4.69, 9.17) is 10.5 Å². The maximum absolute atomic E-state index is 5.76. The molecule has 0 saturated carbocycles. The van der Waals surface area contributed by atoms with Crippen LogP contribution in [0.1, 0.15) is 11.3 Å². The van der Waals surface area contributed by atoms with E-state index in [1.54, 1.807) is 12.4 Å². The zero-order valence-corrected chi connectivity index (χ0v) is 11.8. The van der Waals surface area contributed by atoms with E-state index >= 15 is 0 Å². The van der Waals surface area contributed by atoms with E-state index < -0.39 is 0 Å². The molecule has 0 aliphatic heterocycles. The predicted molar refractivity (Wildman–Crippen MR) is 81.3 cm³/mol. The van der Waals surface area contributed by atoms with Gasteiger partial charge < -0.3 is 10.5 Å². The van der Waals surface area contributed by atoms with Gasteiger partial charge in [0.25, 0.3) is 0 Å². The first-order valence-corrected chi connectivity index (χ1v) is 6.81. The van der Waals surface area contributed by atoms with Crippen LogP contribution in [0, 0.1) is 6.92 Å². The first-order valence-electron chi connectivity index (χ1n) is 6.81. The number of ether oxygens (including phenoxy) is 1. The van der Waals surface area contributed by atoms with Crippen molar-refractivity contribution in [3.05, 3.63) is 54.0 Å². The molecule has 0 atom stereocenters. The highest BCUT2D eigenvalue weighted by atomic mass is 16.5. The summed E-state index contributed by atoms with van der Waals surface area (Å²) in [6.07, 6.45) is 4.23. The molecule has 0 saturated heterocycles. The fraction of sp³-hybridized carbons (Fsp3) is 0.188. The summed E-state index contributed by atoms with van der Waals surface area (Å²) in [5.74, 6) is 0.655. The second-order valence-corrected chi connectivity index (χ2v) is 4.80. The van der Waals surface area contributed by atoms with Gasteiger partial charge in [0.05, 0.1) is 0 Å². The van der Waals surface area contributed by atoms with Crippen LogP contribution in [-0.2, 0) is 6.42 Å². The maximum Gasteiger partial charge on any atom is 0.321 e. The van der Waals surface area contributed by atoms with E-state index in [0.717, 1.165) is 28.6 Å². The average molecular weight is 280 g/mol. The number of aromatic nitrogens is 3. The van der Waals surface area contributed by atoms with Crippen molar-refractivity contribution >= 4 is 10.9 Å². The number of hydrogen-bond acceptors (Lipinski definition) is 5. The number of hydrogen-bond donors (Lipinski definition) is 1. The third kappa shape index (κ3) is 2.98. The first-order chi connectivity index (χ1) is 10.3. The molecule has 0 spiro atoms. The summed E-state index contributed by atoms with van der Waals surface area (Å²) in [6, 6.07) is 10.1. The van der Waals surface area contributed by atoms with Crippen molar-refractivity contribution in [2.45, 2.75) is 13.3 Å². The standard InChI is InChI=1S/C16H16N4O/c1-11-5-6-13-3-2-4-14(15(13)20-11)21-16-18-9-12(7-8-17)10-19-16/h2-6,9-10H,7-8,17H2,1H3. The van der Waals surface area contributed by atoms with Crippen LogP contribution >= 0.6 is 0 Å². The molecular weight excluding hydrogens is 264 g/mol. The highest BCUT2D eigenvalue weighted by Crippen LogP contribution is 2.26. The maximum atomic E-state index is 5.76. The van der Waals surface area contributed by atoms with Gasteiger partial charge in [0.1, 0.15) is 5.52 Å². The smallest absolute Gasteiger partial charge is 0.321 e. The monoisotopic (exact) mass is 280 g/mol. The zero-order chi connectivity index (χ0) is 14.7.